The Morgan fingerprint density at radius 1 is 1.40 bits per heavy atom. The molecule has 1 saturated heterocycles. The molecule has 2 aliphatic heterocycles. The van der Waals surface area contributed by atoms with Gasteiger partial charge in [-0.25, -0.2) is 4.98 Å². The molecule has 0 saturated carbocycles. The van der Waals surface area contributed by atoms with Crippen LogP contribution in [-0.2, 0) is 4.79 Å². The Balaban J connectivity index is 1.60. The number of aromatic nitrogens is 2. The predicted octanol–water partition coefficient (Wildman–Crippen LogP) is 2.30. The van der Waals surface area contributed by atoms with Gasteiger partial charge in [0.2, 0.25) is 0 Å². The van der Waals surface area contributed by atoms with Crippen LogP contribution in [-0.4, -0.2) is 51.7 Å². The minimum atomic E-state index is -0.282. The lowest BCUT2D eigenvalue weighted by molar-refractivity contribution is -0.128. The normalized spacial score (nSPS) is 24.5. The number of pyridine rings is 1. The van der Waals surface area contributed by atoms with Crippen LogP contribution < -0.4 is 10.6 Å². The topological polar surface area (TPSA) is 78.2 Å². The molecule has 25 heavy (non-hydrogen) atoms. The van der Waals surface area contributed by atoms with Crippen LogP contribution in [0.15, 0.2) is 35.6 Å². The van der Waals surface area contributed by atoms with E-state index in [4.69, 9.17) is 5.73 Å². The summed E-state index contributed by atoms with van der Waals surface area (Å²) in [6.07, 6.45) is 7.62. The number of H-pyrrole nitrogens is 1. The first-order valence-corrected chi connectivity index (χ1v) is 9.64. The first-order chi connectivity index (χ1) is 12.0. The summed E-state index contributed by atoms with van der Waals surface area (Å²) >= 11 is 1.63. The fourth-order valence-corrected chi connectivity index (χ4v) is 4.56. The number of hydrogen-bond donors (Lipinski definition) is 2. The standard InChI is InChI=1S/C18H23N5OS/c1-18(19)5-2-8-23(12-18)17(24)15-11-22(9-10-25-15)14-4-7-21-16-13(14)3-6-20-16/h3-4,6-7,11H,2,5,8-10,12,19H2,1H3,(H,20,21). The third kappa shape index (κ3) is 3.26. The molecule has 0 aromatic carbocycles. The van der Waals surface area contributed by atoms with E-state index in [1.165, 1.54) is 0 Å². The number of nitrogens with one attached hydrogen (secondary N) is 1. The lowest BCUT2D eigenvalue weighted by atomic mass is 9.92. The van der Waals surface area contributed by atoms with Gasteiger partial charge in [-0.3, -0.25) is 4.79 Å². The third-order valence-corrected chi connectivity index (χ3v) is 5.81. The minimum absolute atomic E-state index is 0.102. The van der Waals surface area contributed by atoms with E-state index in [9.17, 15) is 4.79 Å². The van der Waals surface area contributed by atoms with Crippen LogP contribution in [0.3, 0.4) is 0 Å². The zero-order valence-corrected chi connectivity index (χ0v) is 15.2. The second-order valence-electron chi connectivity index (χ2n) is 7.09. The van der Waals surface area contributed by atoms with E-state index < -0.39 is 0 Å². The quantitative estimate of drug-likeness (QED) is 0.862. The molecule has 1 amide bonds. The number of hydrogen-bond acceptors (Lipinski definition) is 5. The fourth-order valence-electron chi connectivity index (χ4n) is 3.60. The summed E-state index contributed by atoms with van der Waals surface area (Å²) in [6, 6.07) is 4.03. The summed E-state index contributed by atoms with van der Waals surface area (Å²) in [5.41, 5.74) is 7.93. The molecule has 1 atom stereocenters. The fraction of sp³-hybridized carbons (Fsp3) is 0.444. The molecule has 132 valence electrons. The van der Waals surface area contributed by atoms with E-state index >= 15 is 0 Å². The van der Waals surface area contributed by atoms with Crippen molar-refractivity contribution in [3.05, 3.63) is 35.6 Å². The Morgan fingerprint density at radius 2 is 2.28 bits per heavy atom. The maximum atomic E-state index is 13.0. The lowest BCUT2D eigenvalue weighted by Gasteiger charge is -2.38. The molecule has 1 unspecified atom stereocenters. The van der Waals surface area contributed by atoms with Gasteiger partial charge in [-0.1, -0.05) is 0 Å². The smallest absolute Gasteiger partial charge is 0.261 e. The summed E-state index contributed by atoms with van der Waals surface area (Å²) in [7, 11) is 0. The number of nitrogens with two attached hydrogens (primary N) is 1. The second kappa shape index (κ2) is 6.38. The number of piperidine rings is 1. The van der Waals surface area contributed by atoms with Gasteiger partial charge in [0.05, 0.1) is 10.6 Å². The van der Waals surface area contributed by atoms with Crippen molar-refractivity contribution in [1.82, 2.24) is 14.9 Å². The molecule has 0 radical (unpaired) electrons. The molecule has 0 spiro atoms. The number of amides is 1. The van der Waals surface area contributed by atoms with Gasteiger partial charge in [0.1, 0.15) is 5.65 Å². The van der Waals surface area contributed by atoms with Crippen LogP contribution in [0.5, 0.6) is 0 Å². The Hall–Kier alpha value is -1.99. The predicted molar refractivity (Wildman–Crippen MR) is 102 cm³/mol. The summed E-state index contributed by atoms with van der Waals surface area (Å²) in [5, 5.41) is 1.07. The Kier molecular flexibility index (Phi) is 4.21. The number of aromatic amines is 1. The summed E-state index contributed by atoms with van der Waals surface area (Å²) < 4.78 is 0. The van der Waals surface area contributed by atoms with Crippen molar-refractivity contribution in [2.75, 3.05) is 30.3 Å². The minimum Gasteiger partial charge on any atom is -0.346 e. The van der Waals surface area contributed by atoms with Crippen LogP contribution in [0.1, 0.15) is 19.8 Å². The molecule has 4 heterocycles. The second-order valence-corrected chi connectivity index (χ2v) is 8.23. The first kappa shape index (κ1) is 16.5. The summed E-state index contributed by atoms with van der Waals surface area (Å²) in [5.74, 6) is 0.991. The van der Waals surface area contributed by atoms with Gasteiger partial charge in [0.25, 0.3) is 5.91 Å². The van der Waals surface area contributed by atoms with E-state index in [1.54, 1.807) is 18.0 Å². The number of anilines is 1. The van der Waals surface area contributed by atoms with Crippen molar-refractivity contribution >= 4 is 34.4 Å². The van der Waals surface area contributed by atoms with Gasteiger partial charge in [-0.2, -0.15) is 0 Å². The zero-order valence-electron chi connectivity index (χ0n) is 14.4. The van der Waals surface area contributed by atoms with Crippen molar-refractivity contribution < 1.29 is 4.79 Å². The number of carbonyl (C=O) groups excluding carboxylic acids is 1. The number of likely N-dealkylation sites (tertiary alicyclic amines) is 1. The third-order valence-electron chi connectivity index (χ3n) is 4.84. The number of carbonyl (C=O) groups is 1. The largest absolute Gasteiger partial charge is 0.346 e. The average molecular weight is 357 g/mol. The highest BCUT2D eigenvalue weighted by molar-refractivity contribution is 8.04. The SMILES string of the molecule is CC1(N)CCCN(C(=O)C2=CN(c3ccnc4[nH]ccc34)CCS2)C1. The van der Waals surface area contributed by atoms with Gasteiger partial charge in [-0.05, 0) is 31.9 Å². The highest BCUT2D eigenvalue weighted by Gasteiger charge is 2.32. The lowest BCUT2D eigenvalue weighted by Crippen LogP contribution is -2.54. The maximum absolute atomic E-state index is 13.0. The van der Waals surface area contributed by atoms with E-state index in [-0.39, 0.29) is 11.4 Å². The Bertz CT molecular complexity index is 828. The zero-order chi connectivity index (χ0) is 17.4. The Morgan fingerprint density at radius 3 is 3.12 bits per heavy atom. The molecule has 0 aliphatic carbocycles. The highest BCUT2D eigenvalue weighted by atomic mass is 32.2. The molecular formula is C18H23N5OS. The van der Waals surface area contributed by atoms with Crippen LogP contribution in [0, 0.1) is 0 Å². The van der Waals surface area contributed by atoms with Crippen LogP contribution >= 0.6 is 11.8 Å². The molecule has 2 aliphatic rings. The number of nitrogens with zero attached hydrogens (tertiary/aromatic N) is 3. The van der Waals surface area contributed by atoms with Crippen molar-refractivity contribution in [3.8, 4) is 0 Å². The molecule has 4 rings (SSSR count). The van der Waals surface area contributed by atoms with Gasteiger partial charge in [0.15, 0.2) is 0 Å². The molecule has 3 N–H and O–H groups in total. The van der Waals surface area contributed by atoms with Gasteiger partial charge in [0, 0.05) is 54.9 Å². The van der Waals surface area contributed by atoms with Crippen molar-refractivity contribution in [1.29, 1.82) is 0 Å². The van der Waals surface area contributed by atoms with Crippen LogP contribution in [0.4, 0.5) is 5.69 Å². The van der Waals surface area contributed by atoms with Crippen molar-refractivity contribution in [2.24, 2.45) is 5.73 Å². The van der Waals surface area contributed by atoms with Gasteiger partial charge >= 0.3 is 0 Å². The van der Waals surface area contributed by atoms with E-state index in [1.807, 2.05) is 36.4 Å². The monoisotopic (exact) mass is 357 g/mol. The molecule has 0 bridgehead atoms. The summed E-state index contributed by atoms with van der Waals surface area (Å²) in [4.78, 5) is 25.3. The molecule has 1 fully saturated rings. The Labute approximate surface area is 151 Å². The maximum Gasteiger partial charge on any atom is 0.261 e. The van der Waals surface area contributed by atoms with Crippen molar-refractivity contribution in [3.63, 3.8) is 0 Å². The van der Waals surface area contributed by atoms with E-state index in [0.717, 1.165) is 53.3 Å². The molecule has 7 heteroatoms. The molecular weight excluding hydrogens is 334 g/mol. The van der Waals surface area contributed by atoms with E-state index in [2.05, 4.69) is 14.9 Å². The molecule has 6 nitrogen and oxygen atoms in total. The van der Waals surface area contributed by atoms with Crippen molar-refractivity contribution in [2.45, 2.75) is 25.3 Å². The molecule has 2 aromatic rings. The number of thioether (sulfide) groups is 1. The van der Waals surface area contributed by atoms with Gasteiger partial charge < -0.3 is 20.5 Å². The number of rotatable bonds is 2. The van der Waals surface area contributed by atoms with Gasteiger partial charge in [-0.15, -0.1) is 11.8 Å². The van der Waals surface area contributed by atoms with Crippen LogP contribution in [0.2, 0.25) is 0 Å². The highest BCUT2D eigenvalue weighted by Crippen LogP contribution is 2.32. The van der Waals surface area contributed by atoms with Crippen LogP contribution in [0.25, 0.3) is 11.0 Å². The number of fused-ring (bicyclic) bond motifs is 1. The average Bonchev–Trinajstić information content (AvgIpc) is 3.09. The molecule has 2 aromatic heterocycles. The van der Waals surface area contributed by atoms with E-state index in [0.29, 0.717) is 6.54 Å². The first-order valence-electron chi connectivity index (χ1n) is 8.65. The summed E-state index contributed by atoms with van der Waals surface area (Å²) in [6.45, 7) is 4.32.